The van der Waals surface area contributed by atoms with Gasteiger partial charge in [0.2, 0.25) is 6.79 Å². The van der Waals surface area contributed by atoms with Crippen molar-refractivity contribution in [3.8, 4) is 34.3 Å². The molecule has 186 valence electrons. The molecule has 1 N–H and O–H groups in total. The summed E-state index contributed by atoms with van der Waals surface area (Å²) in [5, 5.41) is 1.24. The third kappa shape index (κ3) is 5.00. The van der Waals surface area contributed by atoms with Crippen molar-refractivity contribution >= 4 is 10.8 Å². The molecule has 0 spiro atoms. The predicted octanol–water partition coefficient (Wildman–Crippen LogP) is 4.67. The minimum absolute atomic E-state index is 0.162. The smallest absolute Gasteiger partial charge is 0.256 e. The molecule has 1 aliphatic heterocycles. The Morgan fingerprint density at radius 2 is 1.75 bits per heavy atom. The van der Waals surface area contributed by atoms with E-state index in [1.807, 2.05) is 54.6 Å². The number of nitrogens with one attached hydrogen (secondary N) is 1. The van der Waals surface area contributed by atoms with Crippen LogP contribution in [0.3, 0.4) is 0 Å². The number of benzene rings is 3. The Balaban J connectivity index is 1.51. The van der Waals surface area contributed by atoms with Crippen molar-refractivity contribution in [3.63, 3.8) is 0 Å². The van der Waals surface area contributed by atoms with Gasteiger partial charge in [-0.1, -0.05) is 30.3 Å². The second kappa shape index (κ2) is 10.7. The van der Waals surface area contributed by atoms with Gasteiger partial charge in [0.1, 0.15) is 13.4 Å². The molecule has 1 aliphatic rings. The number of aromatic nitrogens is 1. The Kier molecular flexibility index (Phi) is 7.06. The zero-order valence-corrected chi connectivity index (χ0v) is 20.2. The molecule has 2 heterocycles. The molecule has 4 aromatic rings. The van der Waals surface area contributed by atoms with Crippen molar-refractivity contribution in [2.75, 3.05) is 34.4 Å². The molecule has 0 bridgehead atoms. The van der Waals surface area contributed by atoms with E-state index in [-0.39, 0.29) is 19.1 Å². The van der Waals surface area contributed by atoms with Crippen LogP contribution in [-0.4, -0.2) is 39.4 Å². The van der Waals surface area contributed by atoms with Gasteiger partial charge in [-0.2, -0.15) is 0 Å². The number of methoxy groups -OCH3 is 2. The summed E-state index contributed by atoms with van der Waals surface area (Å²) in [7, 11) is 3.17. The maximum absolute atomic E-state index is 13.2. The van der Waals surface area contributed by atoms with Gasteiger partial charge in [-0.25, -0.2) is 0 Å². The molecule has 8 nitrogen and oxygen atoms in total. The van der Waals surface area contributed by atoms with Gasteiger partial charge in [-0.3, -0.25) is 4.79 Å². The lowest BCUT2D eigenvalue weighted by atomic mass is 9.99. The van der Waals surface area contributed by atoms with Gasteiger partial charge < -0.3 is 33.4 Å². The minimum Gasteiger partial charge on any atom is -0.493 e. The second-order valence-electron chi connectivity index (χ2n) is 8.30. The standard InChI is InChI=1S/C28H27NO7/c1-31-16-33-9-8-19-11-25-27(36-17-35-25)13-21(19)23-10-20-12-24(32-2)26(14-22(20)28(30)29-23)34-15-18-6-4-3-5-7-18/h3-7,10-14H,8-9,15-17H2,1-2H3,(H,29,30). The van der Waals surface area contributed by atoms with Gasteiger partial charge in [-0.05, 0) is 53.3 Å². The summed E-state index contributed by atoms with van der Waals surface area (Å²) in [6.45, 7) is 1.19. The number of pyridine rings is 1. The first-order chi connectivity index (χ1) is 17.7. The van der Waals surface area contributed by atoms with Gasteiger partial charge in [0.15, 0.2) is 23.0 Å². The normalized spacial score (nSPS) is 12.2. The monoisotopic (exact) mass is 489 g/mol. The van der Waals surface area contributed by atoms with Crippen molar-refractivity contribution in [1.29, 1.82) is 0 Å². The van der Waals surface area contributed by atoms with E-state index in [0.717, 1.165) is 22.1 Å². The van der Waals surface area contributed by atoms with Crippen LogP contribution < -0.4 is 24.5 Å². The van der Waals surface area contributed by atoms with Gasteiger partial charge in [0, 0.05) is 18.4 Å². The topological polar surface area (TPSA) is 88.2 Å². The number of rotatable bonds is 10. The molecule has 0 amide bonds. The van der Waals surface area contributed by atoms with Gasteiger partial charge >= 0.3 is 0 Å². The maximum Gasteiger partial charge on any atom is 0.256 e. The largest absolute Gasteiger partial charge is 0.493 e. The van der Waals surface area contributed by atoms with Crippen molar-refractivity contribution in [1.82, 2.24) is 4.98 Å². The van der Waals surface area contributed by atoms with Crippen LogP contribution in [-0.2, 0) is 22.5 Å². The van der Waals surface area contributed by atoms with E-state index in [4.69, 9.17) is 28.4 Å². The van der Waals surface area contributed by atoms with Gasteiger partial charge in [0.25, 0.3) is 5.56 Å². The molecule has 0 atom stereocenters. The van der Waals surface area contributed by atoms with Gasteiger partial charge in [0.05, 0.1) is 19.1 Å². The molecule has 3 aromatic carbocycles. The van der Waals surface area contributed by atoms with E-state index in [2.05, 4.69) is 4.98 Å². The molecule has 0 unspecified atom stereocenters. The second-order valence-corrected chi connectivity index (χ2v) is 8.30. The van der Waals surface area contributed by atoms with E-state index < -0.39 is 0 Å². The molecule has 0 fully saturated rings. The predicted molar refractivity (Wildman–Crippen MR) is 135 cm³/mol. The summed E-state index contributed by atoms with van der Waals surface area (Å²) in [4.78, 5) is 16.2. The SMILES string of the molecule is COCOCCc1cc2c(cc1-c1cc3cc(OC)c(OCc4ccccc4)cc3c(=O)[nH]1)OCO2. The summed E-state index contributed by atoms with van der Waals surface area (Å²) in [6, 6.07) is 19.1. The Labute approximate surface area is 208 Å². The first-order valence-corrected chi connectivity index (χ1v) is 11.6. The Morgan fingerprint density at radius 3 is 2.53 bits per heavy atom. The summed E-state index contributed by atoms with van der Waals surface area (Å²) in [6.07, 6.45) is 0.602. The maximum atomic E-state index is 13.2. The number of H-pyrrole nitrogens is 1. The zero-order chi connectivity index (χ0) is 24.9. The van der Waals surface area contributed by atoms with Crippen molar-refractivity contribution in [2.45, 2.75) is 13.0 Å². The minimum atomic E-state index is -0.228. The molecule has 0 aliphatic carbocycles. The number of hydrogen-bond acceptors (Lipinski definition) is 7. The van der Waals surface area contributed by atoms with Crippen LogP contribution in [0, 0.1) is 0 Å². The van der Waals surface area contributed by atoms with E-state index in [1.54, 1.807) is 20.3 Å². The molecular formula is C28H27NO7. The Morgan fingerprint density at radius 1 is 0.944 bits per heavy atom. The van der Waals surface area contributed by atoms with Crippen LogP contribution in [0.1, 0.15) is 11.1 Å². The Hall–Kier alpha value is -4.01. The zero-order valence-electron chi connectivity index (χ0n) is 20.2. The first kappa shape index (κ1) is 23.7. The summed E-state index contributed by atoms with van der Waals surface area (Å²) in [5.41, 5.74) is 3.25. The average molecular weight is 490 g/mol. The molecule has 36 heavy (non-hydrogen) atoms. The number of aromatic amines is 1. The van der Waals surface area contributed by atoms with Crippen LogP contribution in [0.4, 0.5) is 0 Å². The third-order valence-corrected chi connectivity index (χ3v) is 5.97. The van der Waals surface area contributed by atoms with Crippen molar-refractivity contribution in [2.24, 2.45) is 0 Å². The lowest BCUT2D eigenvalue weighted by Gasteiger charge is -2.14. The van der Waals surface area contributed by atoms with E-state index >= 15 is 0 Å². The highest BCUT2D eigenvalue weighted by molar-refractivity contribution is 5.88. The molecule has 1 aromatic heterocycles. The quantitative estimate of drug-likeness (QED) is 0.256. The lowest BCUT2D eigenvalue weighted by Crippen LogP contribution is -2.09. The van der Waals surface area contributed by atoms with E-state index in [1.165, 1.54) is 0 Å². The highest BCUT2D eigenvalue weighted by Crippen LogP contribution is 2.39. The first-order valence-electron chi connectivity index (χ1n) is 11.6. The van der Waals surface area contributed by atoms with Gasteiger partial charge in [-0.15, -0.1) is 0 Å². The van der Waals surface area contributed by atoms with Crippen LogP contribution >= 0.6 is 0 Å². The molecule has 0 saturated carbocycles. The highest BCUT2D eigenvalue weighted by atomic mass is 16.7. The fourth-order valence-electron chi connectivity index (χ4n) is 4.19. The summed E-state index contributed by atoms with van der Waals surface area (Å²) >= 11 is 0. The fraction of sp³-hybridized carbons (Fsp3) is 0.250. The molecule has 8 heteroatoms. The van der Waals surface area contributed by atoms with Crippen LogP contribution in [0.2, 0.25) is 0 Å². The number of fused-ring (bicyclic) bond motifs is 2. The van der Waals surface area contributed by atoms with E-state index in [9.17, 15) is 4.79 Å². The molecule has 0 radical (unpaired) electrons. The number of ether oxygens (including phenoxy) is 6. The third-order valence-electron chi connectivity index (χ3n) is 5.97. The summed E-state index contributed by atoms with van der Waals surface area (Å²) in [5.74, 6) is 2.36. The molecular weight excluding hydrogens is 462 g/mol. The molecule has 0 saturated heterocycles. The average Bonchev–Trinajstić information content (AvgIpc) is 3.37. The Bertz CT molecular complexity index is 1420. The van der Waals surface area contributed by atoms with Crippen LogP contribution in [0.5, 0.6) is 23.0 Å². The van der Waals surface area contributed by atoms with Crippen LogP contribution in [0.15, 0.2) is 65.5 Å². The van der Waals surface area contributed by atoms with Crippen LogP contribution in [0.25, 0.3) is 22.0 Å². The fourth-order valence-corrected chi connectivity index (χ4v) is 4.19. The highest BCUT2D eigenvalue weighted by Gasteiger charge is 2.20. The van der Waals surface area contributed by atoms with Crippen molar-refractivity contribution in [3.05, 3.63) is 82.1 Å². The van der Waals surface area contributed by atoms with E-state index in [0.29, 0.717) is 53.7 Å². The summed E-state index contributed by atoms with van der Waals surface area (Å²) < 4.78 is 33.2. The van der Waals surface area contributed by atoms with Crippen molar-refractivity contribution < 1.29 is 28.4 Å². The number of hydrogen-bond donors (Lipinski definition) is 1. The lowest BCUT2D eigenvalue weighted by molar-refractivity contribution is -0.0291. The molecule has 5 rings (SSSR count).